The van der Waals surface area contributed by atoms with Crippen molar-refractivity contribution in [3.63, 3.8) is 0 Å². The Morgan fingerprint density at radius 3 is 2.81 bits per heavy atom. The molecule has 0 radical (unpaired) electrons. The van der Waals surface area contributed by atoms with E-state index < -0.39 is 0 Å². The van der Waals surface area contributed by atoms with Gasteiger partial charge in [0.2, 0.25) is 5.95 Å². The van der Waals surface area contributed by atoms with Gasteiger partial charge in [-0.05, 0) is 44.7 Å². The first-order chi connectivity index (χ1) is 10.3. The molecule has 1 saturated heterocycles. The van der Waals surface area contributed by atoms with Crippen molar-refractivity contribution in [2.75, 3.05) is 31.6 Å². The van der Waals surface area contributed by atoms with E-state index in [9.17, 15) is 0 Å². The Hall–Kier alpha value is -1.10. The molecule has 1 aromatic heterocycles. The molecule has 2 N–H and O–H groups in total. The molecule has 2 fully saturated rings. The molecule has 1 atom stereocenters. The van der Waals surface area contributed by atoms with Crippen molar-refractivity contribution in [1.29, 1.82) is 0 Å². The second kappa shape index (κ2) is 7.25. The van der Waals surface area contributed by atoms with Crippen LogP contribution < -0.4 is 10.2 Å². The van der Waals surface area contributed by atoms with Crippen molar-refractivity contribution in [2.24, 2.45) is 11.8 Å². The summed E-state index contributed by atoms with van der Waals surface area (Å²) in [6.45, 7) is 3.27. The van der Waals surface area contributed by atoms with Crippen molar-refractivity contribution in [3.05, 3.63) is 5.82 Å². The van der Waals surface area contributed by atoms with Crippen LogP contribution in [0.1, 0.15) is 50.8 Å². The molecule has 0 amide bonds. The third-order valence-corrected chi connectivity index (χ3v) is 5.08. The molecular weight excluding hydrogens is 262 g/mol. The SMILES string of the molecule is CNCC1CCCN(c2n[nH]c(CCC3CCCC3)n2)C1. The molecule has 5 heteroatoms. The van der Waals surface area contributed by atoms with Crippen LogP contribution in [0.3, 0.4) is 0 Å². The quantitative estimate of drug-likeness (QED) is 0.845. The second-order valence-electron chi connectivity index (χ2n) is 6.78. The highest BCUT2D eigenvalue weighted by atomic mass is 15.4. The minimum absolute atomic E-state index is 0.726. The van der Waals surface area contributed by atoms with Crippen LogP contribution in [0.15, 0.2) is 0 Å². The van der Waals surface area contributed by atoms with Gasteiger partial charge >= 0.3 is 0 Å². The van der Waals surface area contributed by atoms with Gasteiger partial charge in [0.1, 0.15) is 5.82 Å². The number of aromatic nitrogens is 3. The van der Waals surface area contributed by atoms with Gasteiger partial charge in [0.25, 0.3) is 0 Å². The molecule has 118 valence electrons. The first-order valence-electron chi connectivity index (χ1n) is 8.66. The van der Waals surface area contributed by atoms with Crippen molar-refractivity contribution in [2.45, 2.75) is 51.4 Å². The topological polar surface area (TPSA) is 56.8 Å². The predicted molar refractivity (Wildman–Crippen MR) is 85.5 cm³/mol. The number of anilines is 1. The molecule has 5 nitrogen and oxygen atoms in total. The summed E-state index contributed by atoms with van der Waals surface area (Å²) in [4.78, 5) is 7.08. The molecule has 1 aliphatic heterocycles. The fourth-order valence-corrected chi connectivity index (χ4v) is 3.88. The molecule has 0 spiro atoms. The van der Waals surface area contributed by atoms with Crippen LogP contribution in [0, 0.1) is 11.8 Å². The summed E-state index contributed by atoms with van der Waals surface area (Å²) in [5.41, 5.74) is 0. The molecule has 1 unspecified atom stereocenters. The number of rotatable bonds is 6. The van der Waals surface area contributed by atoms with Crippen LogP contribution in [-0.4, -0.2) is 41.9 Å². The molecule has 2 aliphatic rings. The number of aryl methyl sites for hydroxylation is 1. The molecule has 1 aromatic rings. The minimum Gasteiger partial charge on any atom is -0.339 e. The maximum Gasteiger partial charge on any atom is 0.244 e. The Labute approximate surface area is 127 Å². The van der Waals surface area contributed by atoms with Gasteiger partial charge in [-0.25, -0.2) is 0 Å². The van der Waals surface area contributed by atoms with E-state index in [1.807, 2.05) is 7.05 Å². The average molecular weight is 291 g/mol. The van der Waals surface area contributed by atoms with Crippen molar-refractivity contribution < 1.29 is 0 Å². The lowest BCUT2D eigenvalue weighted by Gasteiger charge is -2.31. The van der Waals surface area contributed by atoms with Crippen molar-refractivity contribution >= 4 is 5.95 Å². The first kappa shape index (κ1) is 14.8. The van der Waals surface area contributed by atoms with Gasteiger partial charge in [0.15, 0.2) is 0 Å². The summed E-state index contributed by atoms with van der Waals surface area (Å²) in [7, 11) is 2.03. The number of nitrogens with one attached hydrogen (secondary N) is 2. The lowest BCUT2D eigenvalue weighted by atomic mass is 9.98. The third kappa shape index (κ3) is 3.96. The van der Waals surface area contributed by atoms with Crippen LogP contribution in [0.4, 0.5) is 5.95 Å². The van der Waals surface area contributed by atoms with E-state index in [-0.39, 0.29) is 0 Å². The van der Waals surface area contributed by atoms with Crippen LogP contribution in [-0.2, 0) is 6.42 Å². The minimum atomic E-state index is 0.726. The molecule has 0 bridgehead atoms. The maximum absolute atomic E-state index is 4.73. The van der Waals surface area contributed by atoms with Gasteiger partial charge in [-0.1, -0.05) is 25.7 Å². The van der Waals surface area contributed by atoms with Gasteiger partial charge < -0.3 is 10.2 Å². The molecule has 3 rings (SSSR count). The highest BCUT2D eigenvalue weighted by Gasteiger charge is 2.22. The zero-order valence-corrected chi connectivity index (χ0v) is 13.3. The zero-order chi connectivity index (χ0) is 14.5. The average Bonchev–Trinajstić information content (AvgIpc) is 3.17. The van der Waals surface area contributed by atoms with Crippen molar-refractivity contribution in [1.82, 2.24) is 20.5 Å². The number of nitrogens with zero attached hydrogens (tertiary/aromatic N) is 3. The highest BCUT2D eigenvalue weighted by molar-refractivity contribution is 5.29. The Morgan fingerprint density at radius 1 is 1.19 bits per heavy atom. The van der Waals surface area contributed by atoms with Gasteiger partial charge in [0, 0.05) is 19.5 Å². The fourth-order valence-electron chi connectivity index (χ4n) is 3.88. The van der Waals surface area contributed by atoms with Crippen LogP contribution in [0.25, 0.3) is 0 Å². The molecule has 1 saturated carbocycles. The van der Waals surface area contributed by atoms with Gasteiger partial charge in [-0.3, -0.25) is 5.10 Å². The second-order valence-corrected chi connectivity index (χ2v) is 6.78. The Balaban J connectivity index is 1.51. The predicted octanol–water partition coefficient (Wildman–Crippen LogP) is 2.36. The number of H-pyrrole nitrogens is 1. The molecular formula is C16H29N5. The Bertz CT molecular complexity index is 422. The maximum atomic E-state index is 4.73. The van der Waals surface area contributed by atoms with Gasteiger partial charge in [0.05, 0.1) is 0 Å². The summed E-state index contributed by atoms with van der Waals surface area (Å²) in [6.07, 6.45) is 10.6. The Kier molecular flexibility index (Phi) is 5.12. The van der Waals surface area contributed by atoms with E-state index in [0.29, 0.717) is 0 Å². The molecule has 1 aliphatic carbocycles. The van der Waals surface area contributed by atoms with E-state index >= 15 is 0 Å². The molecule has 0 aromatic carbocycles. The standard InChI is InChI=1S/C16H29N5/c1-17-11-14-7-4-10-21(12-14)16-18-15(19-20-16)9-8-13-5-2-3-6-13/h13-14,17H,2-12H2,1H3,(H,18,19,20). The summed E-state index contributed by atoms with van der Waals surface area (Å²) in [5, 5.41) is 10.9. The smallest absolute Gasteiger partial charge is 0.244 e. The number of hydrogen-bond acceptors (Lipinski definition) is 4. The summed E-state index contributed by atoms with van der Waals surface area (Å²) >= 11 is 0. The van der Waals surface area contributed by atoms with Gasteiger partial charge in [-0.2, -0.15) is 4.98 Å². The number of piperidine rings is 1. The van der Waals surface area contributed by atoms with E-state index in [1.54, 1.807) is 0 Å². The lowest BCUT2D eigenvalue weighted by Crippen LogP contribution is -2.39. The van der Waals surface area contributed by atoms with E-state index in [4.69, 9.17) is 4.98 Å². The normalized spacial score (nSPS) is 23.9. The number of hydrogen-bond donors (Lipinski definition) is 2. The number of aromatic amines is 1. The first-order valence-corrected chi connectivity index (χ1v) is 8.66. The van der Waals surface area contributed by atoms with Crippen LogP contribution in [0.5, 0.6) is 0 Å². The molecule has 2 heterocycles. The Morgan fingerprint density at radius 2 is 2.00 bits per heavy atom. The monoisotopic (exact) mass is 291 g/mol. The lowest BCUT2D eigenvalue weighted by molar-refractivity contribution is 0.399. The van der Waals surface area contributed by atoms with E-state index in [1.165, 1.54) is 44.9 Å². The summed E-state index contributed by atoms with van der Waals surface area (Å²) < 4.78 is 0. The largest absolute Gasteiger partial charge is 0.339 e. The highest BCUT2D eigenvalue weighted by Crippen LogP contribution is 2.28. The van der Waals surface area contributed by atoms with Crippen LogP contribution >= 0.6 is 0 Å². The van der Waals surface area contributed by atoms with Crippen molar-refractivity contribution in [3.8, 4) is 0 Å². The summed E-state index contributed by atoms with van der Waals surface area (Å²) in [6, 6.07) is 0. The zero-order valence-electron chi connectivity index (χ0n) is 13.3. The molecule has 21 heavy (non-hydrogen) atoms. The van der Waals surface area contributed by atoms with Gasteiger partial charge in [-0.15, -0.1) is 5.10 Å². The third-order valence-electron chi connectivity index (χ3n) is 5.08. The fraction of sp³-hybridized carbons (Fsp3) is 0.875. The van der Waals surface area contributed by atoms with E-state index in [2.05, 4.69) is 20.4 Å². The summed E-state index contributed by atoms with van der Waals surface area (Å²) in [5.74, 6) is 3.64. The van der Waals surface area contributed by atoms with E-state index in [0.717, 1.165) is 49.7 Å². The van der Waals surface area contributed by atoms with Crippen LogP contribution in [0.2, 0.25) is 0 Å².